The van der Waals surface area contributed by atoms with Crippen LogP contribution in [0.3, 0.4) is 0 Å². The van der Waals surface area contributed by atoms with Gasteiger partial charge < -0.3 is 20.7 Å². The lowest BCUT2D eigenvalue weighted by atomic mass is 10.1. The van der Waals surface area contributed by atoms with Crippen molar-refractivity contribution in [1.29, 1.82) is 0 Å². The average molecular weight is 278 g/mol. The van der Waals surface area contributed by atoms with Gasteiger partial charge in [0.1, 0.15) is 0 Å². The Morgan fingerprint density at radius 2 is 1.95 bits per heavy atom. The smallest absolute Gasteiger partial charge is 0.170 e. The van der Waals surface area contributed by atoms with Gasteiger partial charge in [0.15, 0.2) is 5.84 Å². The van der Waals surface area contributed by atoms with E-state index < -0.39 is 0 Å². The molecule has 0 aliphatic heterocycles. The van der Waals surface area contributed by atoms with Crippen molar-refractivity contribution in [3.8, 4) is 0 Å². The Bertz CT molecular complexity index is 430. The second kappa shape index (κ2) is 8.55. The largest absolute Gasteiger partial charge is 0.409 e. The maximum Gasteiger partial charge on any atom is 0.170 e. The van der Waals surface area contributed by atoms with Crippen LogP contribution in [0.2, 0.25) is 0 Å². The number of nitrogens with zero attached hydrogens (tertiary/aromatic N) is 3. The first-order valence-electron chi connectivity index (χ1n) is 7.08. The van der Waals surface area contributed by atoms with E-state index in [1.165, 1.54) is 0 Å². The Labute approximate surface area is 121 Å². The zero-order valence-corrected chi connectivity index (χ0v) is 12.7. The first-order chi connectivity index (χ1) is 9.60. The normalized spacial score (nSPS) is 12.3. The van der Waals surface area contributed by atoms with E-state index in [9.17, 15) is 0 Å². The van der Waals surface area contributed by atoms with Crippen LogP contribution >= 0.6 is 0 Å². The molecule has 1 aromatic rings. The number of hydrogen-bond acceptors (Lipinski definition) is 4. The third kappa shape index (κ3) is 5.19. The van der Waals surface area contributed by atoms with Gasteiger partial charge in [0.2, 0.25) is 0 Å². The molecule has 0 aliphatic carbocycles. The molecule has 0 spiro atoms. The third-order valence-corrected chi connectivity index (χ3v) is 3.48. The lowest BCUT2D eigenvalue weighted by molar-refractivity contribution is 0.236. The van der Waals surface area contributed by atoms with Crippen LogP contribution in [0.1, 0.15) is 25.0 Å². The molecule has 5 nitrogen and oxygen atoms in total. The molecule has 0 aliphatic rings. The summed E-state index contributed by atoms with van der Waals surface area (Å²) >= 11 is 0. The van der Waals surface area contributed by atoms with E-state index in [1.807, 2.05) is 18.2 Å². The van der Waals surface area contributed by atoms with Gasteiger partial charge in [-0.1, -0.05) is 37.2 Å². The summed E-state index contributed by atoms with van der Waals surface area (Å²) < 4.78 is 0. The molecule has 0 amide bonds. The van der Waals surface area contributed by atoms with Crippen molar-refractivity contribution in [2.75, 3.05) is 33.2 Å². The highest BCUT2D eigenvalue weighted by molar-refractivity contribution is 5.97. The number of nitrogens with two attached hydrogens (primary N) is 1. The number of hydrogen-bond donors (Lipinski definition) is 2. The summed E-state index contributed by atoms with van der Waals surface area (Å²) in [4.78, 5) is 4.69. The quantitative estimate of drug-likeness (QED) is 0.328. The zero-order chi connectivity index (χ0) is 15.0. The summed E-state index contributed by atoms with van der Waals surface area (Å²) in [5.41, 5.74) is 7.52. The van der Waals surface area contributed by atoms with Gasteiger partial charge in [-0.25, -0.2) is 0 Å². The molecule has 1 rings (SSSR count). The Hall–Kier alpha value is -1.59. The second-order valence-electron chi connectivity index (χ2n) is 4.95. The van der Waals surface area contributed by atoms with Crippen LogP contribution in [0.5, 0.6) is 0 Å². The molecule has 0 bridgehead atoms. The van der Waals surface area contributed by atoms with E-state index >= 15 is 0 Å². The molecule has 112 valence electrons. The number of benzene rings is 1. The van der Waals surface area contributed by atoms with Crippen molar-refractivity contribution in [2.24, 2.45) is 10.9 Å². The molecule has 0 saturated heterocycles. The summed E-state index contributed by atoms with van der Waals surface area (Å²) in [5.74, 6) is 0.151. The highest BCUT2D eigenvalue weighted by atomic mass is 16.4. The van der Waals surface area contributed by atoms with Crippen molar-refractivity contribution in [1.82, 2.24) is 9.80 Å². The predicted octanol–water partition coefficient (Wildman–Crippen LogP) is 1.55. The lowest BCUT2D eigenvalue weighted by Gasteiger charge is -2.23. The molecule has 0 heterocycles. The lowest BCUT2D eigenvalue weighted by Crippen LogP contribution is -2.32. The molecule has 0 unspecified atom stereocenters. The fraction of sp³-hybridized carbons (Fsp3) is 0.533. The molecule has 3 N–H and O–H groups in total. The van der Waals surface area contributed by atoms with Crippen molar-refractivity contribution in [3.63, 3.8) is 0 Å². The van der Waals surface area contributed by atoms with E-state index in [-0.39, 0.29) is 5.84 Å². The van der Waals surface area contributed by atoms with Gasteiger partial charge in [0.25, 0.3) is 0 Å². The van der Waals surface area contributed by atoms with Gasteiger partial charge in [0, 0.05) is 25.2 Å². The Morgan fingerprint density at radius 3 is 2.55 bits per heavy atom. The third-order valence-electron chi connectivity index (χ3n) is 3.48. The second-order valence-corrected chi connectivity index (χ2v) is 4.95. The fourth-order valence-corrected chi connectivity index (χ4v) is 2.13. The maximum atomic E-state index is 8.71. The van der Waals surface area contributed by atoms with E-state index in [0.717, 1.165) is 43.9 Å². The number of amidine groups is 1. The molecule has 0 fully saturated rings. The highest BCUT2D eigenvalue weighted by Gasteiger charge is 2.05. The van der Waals surface area contributed by atoms with E-state index in [2.05, 4.69) is 41.9 Å². The van der Waals surface area contributed by atoms with Crippen molar-refractivity contribution in [2.45, 2.75) is 20.4 Å². The Balaban J connectivity index is 2.55. The fourth-order valence-electron chi connectivity index (χ4n) is 2.13. The van der Waals surface area contributed by atoms with Crippen molar-refractivity contribution in [3.05, 3.63) is 35.4 Å². The van der Waals surface area contributed by atoms with E-state index in [1.54, 1.807) is 0 Å². The summed E-state index contributed by atoms with van der Waals surface area (Å²) in [6.07, 6.45) is 0. The molecule has 0 atom stereocenters. The molecule has 0 radical (unpaired) electrons. The molecule has 0 aromatic heterocycles. The number of oxime groups is 1. The summed E-state index contributed by atoms with van der Waals surface area (Å²) in [5, 5.41) is 11.7. The minimum Gasteiger partial charge on any atom is -0.409 e. The summed E-state index contributed by atoms with van der Waals surface area (Å²) in [6.45, 7) is 9.49. The average Bonchev–Trinajstić information content (AvgIpc) is 2.47. The van der Waals surface area contributed by atoms with Gasteiger partial charge in [-0.2, -0.15) is 0 Å². The van der Waals surface area contributed by atoms with Crippen LogP contribution in [-0.2, 0) is 6.54 Å². The number of likely N-dealkylation sites (N-methyl/N-ethyl adjacent to an activating group) is 2. The first kappa shape index (κ1) is 16.5. The topological polar surface area (TPSA) is 65.1 Å². The van der Waals surface area contributed by atoms with Crippen LogP contribution < -0.4 is 5.73 Å². The van der Waals surface area contributed by atoms with E-state index in [0.29, 0.717) is 0 Å². The Morgan fingerprint density at radius 1 is 1.25 bits per heavy atom. The summed E-state index contributed by atoms with van der Waals surface area (Å²) in [6, 6.07) is 7.79. The van der Waals surface area contributed by atoms with Crippen LogP contribution in [0, 0.1) is 0 Å². The molecule has 1 aromatic carbocycles. The monoisotopic (exact) mass is 278 g/mol. The van der Waals surface area contributed by atoms with Crippen molar-refractivity contribution >= 4 is 5.84 Å². The Kier molecular flexibility index (Phi) is 7.04. The first-order valence-corrected chi connectivity index (χ1v) is 7.08. The summed E-state index contributed by atoms with van der Waals surface area (Å²) in [7, 11) is 2.11. The van der Waals surface area contributed by atoms with Crippen LogP contribution in [0.4, 0.5) is 0 Å². The van der Waals surface area contributed by atoms with Gasteiger partial charge in [-0.3, -0.25) is 0 Å². The predicted molar refractivity (Wildman–Crippen MR) is 83.1 cm³/mol. The standard InChI is InChI=1S/C15H26N4O/c1-4-19(5-2)10-9-18(3)12-13-7-6-8-14(11-13)15(16)17-20/h6-8,11,20H,4-5,9-10,12H2,1-3H3,(H2,16,17). The molecular weight excluding hydrogens is 252 g/mol. The van der Waals surface area contributed by atoms with Crippen LogP contribution in [0.15, 0.2) is 29.4 Å². The molecular formula is C15H26N4O. The van der Waals surface area contributed by atoms with E-state index in [4.69, 9.17) is 10.9 Å². The SMILES string of the molecule is CCN(CC)CCN(C)Cc1cccc(/C(N)=N/O)c1. The van der Waals surface area contributed by atoms with Crippen LogP contribution in [-0.4, -0.2) is 54.1 Å². The van der Waals surface area contributed by atoms with Crippen LogP contribution in [0.25, 0.3) is 0 Å². The molecule has 20 heavy (non-hydrogen) atoms. The zero-order valence-electron chi connectivity index (χ0n) is 12.7. The minimum absolute atomic E-state index is 0.151. The minimum atomic E-state index is 0.151. The molecule has 0 saturated carbocycles. The van der Waals surface area contributed by atoms with Crippen molar-refractivity contribution < 1.29 is 5.21 Å². The molecule has 5 heteroatoms. The highest BCUT2D eigenvalue weighted by Crippen LogP contribution is 2.07. The van der Waals surface area contributed by atoms with Gasteiger partial charge in [-0.05, 0) is 31.8 Å². The maximum absolute atomic E-state index is 8.71. The van der Waals surface area contributed by atoms with Gasteiger partial charge in [-0.15, -0.1) is 0 Å². The number of rotatable bonds is 8. The van der Waals surface area contributed by atoms with Gasteiger partial charge in [0.05, 0.1) is 0 Å². The van der Waals surface area contributed by atoms with Gasteiger partial charge >= 0.3 is 0 Å².